The first-order valence-corrected chi connectivity index (χ1v) is 13.6. The lowest BCUT2D eigenvalue weighted by Gasteiger charge is -2.65. The van der Waals surface area contributed by atoms with Crippen LogP contribution in [-0.4, -0.2) is 59.6 Å². The molecule has 2 unspecified atom stereocenters. The number of amides is 4. The van der Waals surface area contributed by atoms with Crippen LogP contribution in [0.15, 0.2) is 18.2 Å². The molecule has 1 aromatic carbocycles. The Labute approximate surface area is 217 Å². The SMILES string of the molecule is C[C@]12CC3CC(NC(=O)Nc4ccc(C(=O)N5CCC(C(=O)NCCO)CC5)cc4F)(C1)C[C@@](C)(C3)C2. The Hall–Kier alpha value is -2.68. The number of benzene rings is 1. The zero-order valence-electron chi connectivity index (χ0n) is 21.9. The van der Waals surface area contributed by atoms with Gasteiger partial charge in [0.1, 0.15) is 5.82 Å². The number of aliphatic hydroxyl groups is 1. The van der Waals surface area contributed by atoms with Gasteiger partial charge in [-0.3, -0.25) is 9.59 Å². The number of nitrogens with zero attached hydrogens (tertiary/aromatic N) is 1. The molecule has 8 nitrogen and oxygen atoms in total. The molecule has 0 radical (unpaired) electrons. The van der Waals surface area contributed by atoms with Crippen molar-refractivity contribution >= 4 is 23.5 Å². The highest BCUT2D eigenvalue weighted by Gasteiger charge is 2.60. The van der Waals surface area contributed by atoms with E-state index in [-0.39, 0.29) is 58.5 Å². The fourth-order valence-electron chi connectivity index (χ4n) is 8.58. The van der Waals surface area contributed by atoms with Crippen molar-refractivity contribution in [1.82, 2.24) is 15.5 Å². The van der Waals surface area contributed by atoms with Crippen LogP contribution in [0.2, 0.25) is 0 Å². The molecule has 4 amide bonds. The number of hydrogen-bond acceptors (Lipinski definition) is 4. The highest BCUT2D eigenvalue weighted by Crippen LogP contribution is 2.66. The summed E-state index contributed by atoms with van der Waals surface area (Å²) in [6, 6.07) is 3.76. The second-order valence-corrected chi connectivity index (χ2v) is 12.8. The van der Waals surface area contributed by atoms with Crippen molar-refractivity contribution in [3.8, 4) is 0 Å². The third kappa shape index (κ3) is 5.33. The van der Waals surface area contributed by atoms with E-state index in [0.717, 1.165) is 19.3 Å². The van der Waals surface area contributed by atoms with Gasteiger partial charge >= 0.3 is 6.03 Å². The monoisotopic (exact) mass is 514 g/mol. The number of anilines is 1. The summed E-state index contributed by atoms with van der Waals surface area (Å²) in [4.78, 5) is 39.6. The molecule has 5 fully saturated rings. The van der Waals surface area contributed by atoms with Gasteiger partial charge in [-0.25, -0.2) is 9.18 Å². The molecule has 0 aromatic heterocycles. The summed E-state index contributed by atoms with van der Waals surface area (Å²) in [7, 11) is 0. The second-order valence-electron chi connectivity index (χ2n) is 12.8. The molecule has 4 atom stereocenters. The number of rotatable bonds is 6. The summed E-state index contributed by atoms with van der Waals surface area (Å²) < 4.78 is 15.0. The minimum atomic E-state index is -0.649. The van der Waals surface area contributed by atoms with Crippen LogP contribution in [0.4, 0.5) is 14.9 Å². The number of carbonyl (C=O) groups is 3. The summed E-state index contributed by atoms with van der Waals surface area (Å²) in [5, 5.41) is 17.4. The van der Waals surface area contributed by atoms with E-state index in [1.54, 1.807) is 4.90 Å². The van der Waals surface area contributed by atoms with Crippen molar-refractivity contribution in [2.75, 3.05) is 31.6 Å². The summed E-state index contributed by atoms with van der Waals surface area (Å²) in [5.41, 5.74) is 0.545. The molecule has 1 aromatic rings. The number of aliphatic hydroxyl groups excluding tert-OH is 1. The number of hydrogen-bond donors (Lipinski definition) is 4. The average Bonchev–Trinajstić information content (AvgIpc) is 2.80. The number of nitrogens with one attached hydrogen (secondary N) is 3. The van der Waals surface area contributed by atoms with Gasteiger partial charge < -0.3 is 26.0 Å². The minimum absolute atomic E-state index is 0.0514. The van der Waals surface area contributed by atoms with Crippen molar-refractivity contribution in [1.29, 1.82) is 0 Å². The van der Waals surface area contributed by atoms with Crippen LogP contribution in [0.1, 0.15) is 75.6 Å². The van der Waals surface area contributed by atoms with Gasteiger partial charge in [-0.15, -0.1) is 0 Å². The summed E-state index contributed by atoms with van der Waals surface area (Å²) in [5.74, 6) is -0.620. The molecule has 0 spiro atoms. The Bertz CT molecular complexity index is 1070. The second kappa shape index (κ2) is 9.57. The number of likely N-dealkylation sites (tertiary alicyclic amines) is 1. The van der Waals surface area contributed by atoms with Crippen molar-refractivity contribution in [2.45, 2.75) is 70.8 Å². The van der Waals surface area contributed by atoms with Gasteiger partial charge in [0.2, 0.25) is 5.91 Å². The number of carbonyl (C=O) groups excluding carboxylic acids is 3. The van der Waals surface area contributed by atoms with Crippen LogP contribution in [0.5, 0.6) is 0 Å². The van der Waals surface area contributed by atoms with E-state index < -0.39 is 11.8 Å². The molecule has 1 aliphatic heterocycles. The van der Waals surface area contributed by atoms with Gasteiger partial charge in [0.05, 0.1) is 12.3 Å². The topological polar surface area (TPSA) is 111 Å². The van der Waals surface area contributed by atoms with Gasteiger partial charge in [0.25, 0.3) is 5.91 Å². The minimum Gasteiger partial charge on any atom is -0.395 e. The largest absolute Gasteiger partial charge is 0.395 e. The van der Waals surface area contributed by atoms with E-state index in [1.807, 2.05) is 0 Å². The Morgan fingerprint density at radius 1 is 1.05 bits per heavy atom. The van der Waals surface area contributed by atoms with Crippen LogP contribution in [0.3, 0.4) is 0 Å². The average molecular weight is 515 g/mol. The third-order valence-electron chi connectivity index (χ3n) is 9.03. The first-order valence-electron chi connectivity index (χ1n) is 13.6. The van der Waals surface area contributed by atoms with Gasteiger partial charge in [0, 0.05) is 36.7 Å². The predicted molar refractivity (Wildman–Crippen MR) is 137 cm³/mol. The maximum absolute atomic E-state index is 15.0. The molecule has 6 rings (SSSR count). The quantitative estimate of drug-likeness (QED) is 0.464. The third-order valence-corrected chi connectivity index (χ3v) is 9.03. The molecule has 4 bridgehead atoms. The van der Waals surface area contributed by atoms with Gasteiger partial charge in [-0.1, -0.05) is 13.8 Å². The Morgan fingerprint density at radius 3 is 2.32 bits per heavy atom. The van der Waals surface area contributed by atoms with Crippen LogP contribution in [0.25, 0.3) is 0 Å². The van der Waals surface area contributed by atoms with E-state index in [0.29, 0.717) is 31.8 Å². The van der Waals surface area contributed by atoms with Crippen LogP contribution in [-0.2, 0) is 4.79 Å². The summed E-state index contributed by atoms with van der Waals surface area (Å²) in [6.07, 6.45) is 7.63. The molecule has 1 heterocycles. The van der Waals surface area contributed by atoms with E-state index in [2.05, 4.69) is 29.8 Å². The lowest BCUT2D eigenvalue weighted by Crippen LogP contribution is -2.65. The van der Waals surface area contributed by atoms with Crippen molar-refractivity contribution in [3.63, 3.8) is 0 Å². The molecule has 4 aliphatic carbocycles. The fourth-order valence-corrected chi connectivity index (χ4v) is 8.58. The molecule has 37 heavy (non-hydrogen) atoms. The Kier molecular flexibility index (Phi) is 6.71. The molecule has 5 aliphatic rings. The summed E-state index contributed by atoms with van der Waals surface area (Å²) in [6.45, 7) is 5.60. The van der Waals surface area contributed by atoms with E-state index in [4.69, 9.17) is 5.11 Å². The molecule has 9 heteroatoms. The van der Waals surface area contributed by atoms with Gasteiger partial charge in [-0.2, -0.15) is 0 Å². The van der Waals surface area contributed by atoms with Crippen LogP contribution >= 0.6 is 0 Å². The predicted octanol–water partition coefficient (Wildman–Crippen LogP) is 3.66. The van der Waals surface area contributed by atoms with Gasteiger partial charge in [-0.05, 0) is 86.3 Å². The Balaban J connectivity index is 1.17. The lowest BCUT2D eigenvalue weighted by molar-refractivity contribution is -0.126. The summed E-state index contributed by atoms with van der Waals surface area (Å²) >= 11 is 0. The maximum Gasteiger partial charge on any atom is 0.319 e. The highest BCUT2D eigenvalue weighted by molar-refractivity contribution is 5.96. The first-order chi connectivity index (χ1) is 17.5. The molecule has 202 valence electrons. The Morgan fingerprint density at radius 2 is 1.73 bits per heavy atom. The first kappa shape index (κ1) is 25.9. The van der Waals surface area contributed by atoms with E-state index >= 15 is 0 Å². The van der Waals surface area contributed by atoms with Crippen LogP contribution in [0, 0.1) is 28.5 Å². The lowest BCUT2D eigenvalue weighted by atomic mass is 9.43. The molecular formula is C28H39FN4O4. The van der Waals surface area contributed by atoms with Crippen molar-refractivity contribution in [2.24, 2.45) is 22.7 Å². The molecule has 4 saturated carbocycles. The molecule has 1 saturated heterocycles. The maximum atomic E-state index is 15.0. The van der Waals surface area contributed by atoms with Gasteiger partial charge in [0.15, 0.2) is 0 Å². The van der Waals surface area contributed by atoms with E-state index in [9.17, 15) is 18.8 Å². The fraction of sp³-hybridized carbons (Fsp3) is 0.679. The highest BCUT2D eigenvalue weighted by atomic mass is 19.1. The number of halogens is 1. The zero-order chi connectivity index (χ0) is 26.4. The number of urea groups is 1. The normalized spacial score (nSPS) is 32.8. The van der Waals surface area contributed by atoms with Crippen molar-refractivity contribution < 1.29 is 23.9 Å². The molecule has 4 N–H and O–H groups in total. The van der Waals surface area contributed by atoms with Crippen molar-refractivity contribution in [3.05, 3.63) is 29.6 Å². The van der Waals surface area contributed by atoms with E-state index in [1.165, 1.54) is 37.5 Å². The molecular weight excluding hydrogens is 475 g/mol. The standard InChI is InChI=1S/C28H39FN4O4/c1-26-12-18-13-27(2,15-26)17-28(14-18,16-26)32-25(37)31-22-4-3-20(11-21(22)29)24(36)33-8-5-19(6-9-33)23(35)30-7-10-34/h3-4,11,18-19,34H,5-10,12-17H2,1-2H3,(H,30,35)(H2,31,32,37)/t18?,26-,27+,28?. The number of piperidine rings is 1. The zero-order valence-corrected chi connectivity index (χ0v) is 21.9. The smallest absolute Gasteiger partial charge is 0.319 e. The van der Waals surface area contributed by atoms with Crippen LogP contribution < -0.4 is 16.0 Å².